The van der Waals surface area contributed by atoms with Gasteiger partial charge in [-0.3, -0.25) is 13.7 Å². The van der Waals surface area contributed by atoms with Gasteiger partial charge in [0.25, 0.3) is 0 Å². The maximum atomic E-state index is 12.7. The van der Waals surface area contributed by atoms with Crippen molar-refractivity contribution >= 4 is 15.6 Å². The molecule has 1 aliphatic heterocycles. The summed E-state index contributed by atoms with van der Waals surface area (Å²) in [6.45, 7) is -0.887. The summed E-state index contributed by atoms with van der Waals surface area (Å²) in [4.78, 5) is 44.5. The molecule has 1 aliphatic rings. The summed E-state index contributed by atoms with van der Waals surface area (Å²) in [5, 5.41) is 24.3. The summed E-state index contributed by atoms with van der Waals surface area (Å²) in [6, 6.07) is 9.97. The van der Waals surface area contributed by atoms with Crippen molar-refractivity contribution in [2.75, 3.05) is 6.61 Å². The summed E-state index contributed by atoms with van der Waals surface area (Å²) < 4.78 is 37.7. The molecule has 1 saturated heterocycles. The number of aliphatic hydroxyl groups excluding tert-OH is 2. The Hall–Kier alpha value is -2.16. The predicted octanol–water partition coefficient (Wildman–Crippen LogP) is -1.07. The lowest BCUT2D eigenvalue weighted by molar-refractivity contribution is -0.0547. The molecule has 1 fully saturated rings. The zero-order valence-electron chi connectivity index (χ0n) is 16.9. The zero-order valence-corrected chi connectivity index (χ0v) is 18.7. The predicted molar refractivity (Wildman–Crippen MR) is 107 cm³/mol. The van der Waals surface area contributed by atoms with Crippen LogP contribution in [0.3, 0.4) is 0 Å². The van der Waals surface area contributed by atoms with Crippen molar-refractivity contribution in [2.24, 2.45) is 12.2 Å². The van der Waals surface area contributed by atoms with Crippen LogP contribution < -0.4 is 16.0 Å². The topological polar surface area (TPSA) is 211 Å². The number of benzene rings is 1. The molecule has 15 nitrogen and oxygen atoms in total. The van der Waals surface area contributed by atoms with Gasteiger partial charge in [-0.25, -0.2) is 13.9 Å². The van der Waals surface area contributed by atoms with Crippen LogP contribution in [-0.4, -0.2) is 58.9 Å². The second kappa shape index (κ2) is 9.99. The van der Waals surface area contributed by atoms with Gasteiger partial charge in [-0.2, -0.15) is 4.31 Å². The number of para-hydroxylation sites is 1. The molecule has 17 heteroatoms. The van der Waals surface area contributed by atoms with E-state index in [-0.39, 0.29) is 5.49 Å². The van der Waals surface area contributed by atoms with Crippen LogP contribution in [-0.2, 0) is 29.7 Å². The molecule has 5 N–H and O–H groups in total. The molecule has 1 aromatic carbocycles. The normalized spacial score (nSPS) is 25.7. The number of aliphatic hydroxyl groups is 2. The highest BCUT2D eigenvalue weighted by Crippen LogP contribution is 2.57. The molecule has 2 aromatic rings. The van der Waals surface area contributed by atoms with Crippen LogP contribution in [0.25, 0.3) is 0 Å². The minimum Gasteiger partial charge on any atom is -0.387 e. The van der Waals surface area contributed by atoms with Gasteiger partial charge in [-0.1, -0.05) is 23.4 Å². The second-order valence-corrected chi connectivity index (χ2v) is 9.63. The SMILES string of the molecule is Cn1c(=O)n([C@@H]2O[C@H](COP(=O)(O)OP(=O)(O)O)[C@@H](O)[C@H]2O)cc/c1=N/Oc1ccccc1. The van der Waals surface area contributed by atoms with E-state index in [0.29, 0.717) is 5.75 Å². The number of phosphoric acid groups is 2. The highest BCUT2D eigenvalue weighted by Gasteiger charge is 2.45. The van der Waals surface area contributed by atoms with Gasteiger partial charge in [-0.05, 0) is 12.1 Å². The molecule has 0 radical (unpaired) electrons. The van der Waals surface area contributed by atoms with E-state index in [1.165, 1.54) is 19.3 Å². The Balaban J connectivity index is 1.75. The summed E-state index contributed by atoms with van der Waals surface area (Å²) >= 11 is 0. The molecule has 0 bridgehead atoms. The van der Waals surface area contributed by atoms with Crippen molar-refractivity contribution < 1.29 is 52.4 Å². The highest BCUT2D eigenvalue weighted by atomic mass is 31.3. The van der Waals surface area contributed by atoms with Crippen LogP contribution >= 0.6 is 15.6 Å². The number of hydrogen-bond donors (Lipinski definition) is 5. The van der Waals surface area contributed by atoms with Crippen LogP contribution in [0.15, 0.2) is 52.5 Å². The van der Waals surface area contributed by atoms with E-state index in [1.54, 1.807) is 30.3 Å². The third-order valence-corrected chi connectivity index (χ3v) is 6.60. The van der Waals surface area contributed by atoms with E-state index >= 15 is 0 Å². The average molecular weight is 509 g/mol. The minimum absolute atomic E-state index is 0.129. The second-order valence-electron chi connectivity index (χ2n) is 6.80. The first-order valence-electron chi connectivity index (χ1n) is 9.18. The van der Waals surface area contributed by atoms with Gasteiger partial charge >= 0.3 is 21.3 Å². The van der Waals surface area contributed by atoms with Crippen LogP contribution in [0.5, 0.6) is 5.75 Å². The molecule has 0 saturated carbocycles. The van der Waals surface area contributed by atoms with E-state index in [0.717, 1.165) is 9.13 Å². The fourth-order valence-electron chi connectivity index (χ4n) is 2.88. The first-order chi connectivity index (χ1) is 15.4. The minimum atomic E-state index is -5.34. The molecular formula is C16H21N3O12P2. The zero-order chi connectivity index (χ0) is 24.4. The summed E-state index contributed by atoms with van der Waals surface area (Å²) in [6.07, 6.45) is -4.95. The Bertz CT molecular complexity index is 1190. The largest absolute Gasteiger partial charge is 0.481 e. The van der Waals surface area contributed by atoms with E-state index in [4.69, 9.17) is 19.4 Å². The molecule has 0 aliphatic carbocycles. The van der Waals surface area contributed by atoms with E-state index in [2.05, 4.69) is 14.0 Å². The van der Waals surface area contributed by atoms with E-state index in [1.807, 2.05) is 0 Å². The first-order valence-corrected chi connectivity index (χ1v) is 12.2. The number of aromatic nitrogens is 2. The fourth-order valence-corrected chi connectivity index (χ4v) is 4.48. The van der Waals surface area contributed by atoms with Crippen LogP contribution in [0, 0.1) is 0 Å². The number of hydrogen-bond acceptors (Lipinski definition) is 10. The van der Waals surface area contributed by atoms with Crippen molar-refractivity contribution in [3.8, 4) is 5.75 Å². The fraction of sp³-hybridized carbons (Fsp3) is 0.375. The molecule has 1 unspecified atom stereocenters. The van der Waals surface area contributed by atoms with Gasteiger partial charge in [0, 0.05) is 19.3 Å². The number of ether oxygens (including phenoxy) is 1. The van der Waals surface area contributed by atoms with Crippen molar-refractivity contribution in [3.63, 3.8) is 0 Å². The highest BCUT2D eigenvalue weighted by molar-refractivity contribution is 7.60. The Labute approximate surface area is 185 Å². The third kappa shape index (κ3) is 6.46. The van der Waals surface area contributed by atoms with Crippen molar-refractivity contribution in [1.82, 2.24) is 9.13 Å². The third-order valence-electron chi connectivity index (χ3n) is 4.45. The summed E-state index contributed by atoms with van der Waals surface area (Å²) in [5.41, 5.74) is -0.577. The van der Waals surface area contributed by atoms with Gasteiger partial charge in [0.2, 0.25) is 0 Å². The molecule has 33 heavy (non-hydrogen) atoms. The molecule has 0 spiro atoms. The quantitative estimate of drug-likeness (QED) is 0.213. The van der Waals surface area contributed by atoms with Gasteiger partial charge < -0.3 is 34.5 Å². The molecule has 3 rings (SSSR count). The molecule has 0 amide bonds. The number of nitrogens with zero attached hydrogens (tertiary/aromatic N) is 3. The molecule has 5 atom stereocenters. The Morgan fingerprint density at radius 2 is 1.76 bits per heavy atom. The number of phosphoric ester groups is 1. The van der Waals surface area contributed by atoms with Gasteiger partial charge in [0.1, 0.15) is 18.3 Å². The Morgan fingerprint density at radius 3 is 2.39 bits per heavy atom. The summed E-state index contributed by atoms with van der Waals surface area (Å²) in [5.74, 6) is 0.436. The maximum Gasteiger partial charge on any atom is 0.481 e. The van der Waals surface area contributed by atoms with Crippen molar-refractivity contribution in [3.05, 3.63) is 58.6 Å². The van der Waals surface area contributed by atoms with Crippen LogP contribution in [0.1, 0.15) is 6.23 Å². The standard InChI is InChI=1S/C16H21N3O12P2/c1-18-12(17-30-10-5-3-2-4-6-10)7-8-19(16(18)22)15-14(21)13(20)11(29-15)9-28-33(26,27)31-32(23,24)25/h2-8,11,13-15,20-21H,9H2,1H3,(H,26,27)(H2,23,24,25)/b17-12-/t11-,13-,14-,15-/m1/s1. The summed E-state index contributed by atoms with van der Waals surface area (Å²) in [7, 11) is -9.15. The number of rotatable bonds is 8. The average Bonchev–Trinajstić information content (AvgIpc) is 3.01. The van der Waals surface area contributed by atoms with E-state index in [9.17, 15) is 29.0 Å². The lowest BCUT2D eigenvalue weighted by Gasteiger charge is -2.18. The molecule has 1 aromatic heterocycles. The lowest BCUT2D eigenvalue weighted by atomic mass is 10.1. The van der Waals surface area contributed by atoms with E-state index < -0.39 is 52.5 Å². The van der Waals surface area contributed by atoms with Gasteiger partial charge in [-0.15, -0.1) is 0 Å². The Kier molecular flexibility index (Phi) is 7.71. The molecular weight excluding hydrogens is 488 g/mol. The van der Waals surface area contributed by atoms with Crippen molar-refractivity contribution in [2.45, 2.75) is 24.5 Å². The molecule has 2 heterocycles. The van der Waals surface area contributed by atoms with Gasteiger partial charge in [0.05, 0.1) is 6.61 Å². The van der Waals surface area contributed by atoms with Gasteiger partial charge in [0.15, 0.2) is 17.5 Å². The maximum absolute atomic E-state index is 12.7. The first kappa shape index (κ1) is 25.5. The monoisotopic (exact) mass is 509 g/mol. The van der Waals surface area contributed by atoms with Crippen molar-refractivity contribution in [1.29, 1.82) is 0 Å². The Morgan fingerprint density at radius 1 is 1.09 bits per heavy atom. The smallest absolute Gasteiger partial charge is 0.387 e. The lowest BCUT2D eigenvalue weighted by Crippen LogP contribution is -2.42. The van der Waals surface area contributed by atoms with Crippen LogP contribution in [0.2, 0.25) is 0 Å². The molecule has 182 valence electrons. The van der Waals surface area contributed by atoms with Crippen LogP contribution in [0.4, 0.5) is 0 Å².